The van der Waals surface area contributed by atoms with E-state index in [0.717, 1.165) is 12.2 Å². The molecule has 0 amide bonds. The zero-order valence-corrected chi connectivity index (χ0v) is 9.24. The van der Waals surface area contributed by atoms with Crippen molar-refractivity contribution in [1.82, 2.24) is 14.7 Å². The van der Waals surface area contributed by atoms with Crippen LogP contribution in [0.15, 0.2) is 12.3 Å². The Morgan fingerprint density at radius 1 is 1.27 bits per heavy atom. The molecule has 2 heterocycles. The first-order valence-corrected chi connectivity index (χ1v) is 5.53. The molecule has 1 fully saturated rings. The van der Waals surface area contributed by atoms with Gasteiger partial charge in [-0.15, -0.1) is 0 Å². The smallest absolute Gasteiger partial charge is 0.102 e. The largest absolute Gasteiger partial charge is 0.292 e. The van der Waals surface area contributed by atoms with E-state index < -0.39 is 0 Å². The van der Waals surface area contributed by atoms with Gasteiger partial charge in [-0.3, -0.25) is 9.58 Å². The molecule has 1 aliphatic rings. The molecule has 0 unspecified atom stereocenters. The van der Waals surface area contributed by atoms with E-state index in [-0.39, 0.29) is 0 Å². The van der Waals surface area contributed by atoms with Gasteiger partial charge in [0.15, 0.2) is 0 Å². The summed E-state index contributed by atoms with van der Waals surface area (Å²) in [5.41, 5.74) is 1.05. The number of hydrogen-bond acceptors (Lipinski definition) is 2. The van der Waals surface area contributed by atoms with E-state index in [9.17, 15) is 0 Å². The standard InChI is InChI=1S/C12H17N3/c1-12-6-11-15(13-12)10-5-4-9-14-7-2-3-8-14/h6,11H,2-3,7-10H2,1H3. The molecule has 0 bridgehead atoms. The van der Waals surface area contributed by atoms with Crippen LogP contribution < -0.4 is 0 Å². The third-order valence-electron chi connectivity index (χ3n) is 2.64. The first-order valence-electron chi connectivity index (χ1n) is 5.53. The average molecular weight is 203 g/mol. The van der Waals surface area contributed by atoms with Crippen LogP contribution in [0.25, 0.3) is 0 Å². The summed E-state index contributed by atoms with van der Waals surface area (Å²) in [6.45, 7) is 6.06. The van der Waals surface area contributed by atoms with Crippen molar-refractivity contribution in [3.63, 3.8) is 0 Å². The summed E-state index contributed by atoms with van der Waals surface area (Å²) in [6, 6.07) is 2.00. The van der Waals surface area contributed by atoms with Crippen LogP contribution in [0.4, 0.5) is 0 Å². The molecule has 0 spiro atoms. The van der Waals surface area contributed by atoms with Gasteiger partial charge in [-0.05, 0) is 38.9 Å². The molecule has 1 aromatic heterocycles. The normalized spacial score (nSPS) is 16.3. The first kappa shape index (κ1) is 10.3. The SMILES string of the molecule is Cc1ccn(CC#CCN2CCCC2)n1. The van der Waals surface area contributed by atoms with Crippen LogP contribution in [0.2, 0.25) is 0 Å². The highest BCUT2D eigenvalue weighted by Crippen LogP contribution is 2.05. The number of aryl methyl sites for hydroxylation is 1. The van der Waals surface area contributed by atoms with Gasteiger partial charge in [-0.2, -0.15) is 5.10 Å². The van der Waals surface area contributed by atoms with Gasteiger partial charge in [-0.25, -0.2) is 0 Å². The molecule has 0 aliphatic carbocycles. The van der Waals surface area contributed by atoms with Gasteiger partial charge < -0.3 is 0 Å². The summed E-state index contributed by atoms with van der Waals surface area (Å²) in [6.07, 6.45) is 4.64. The quantitative estimate of drug-likeness (QED) is 0.675. The Labute approximate surface area is 91.1 Å². The minimum atomic E-state index is 0.710. The van der Waals surface area contributed by atoms with Crippen molar-refractivity contribution >= 4 is 0 Å². The van der Waals surface area contributed by atoms with E-state index in [4.69, 9.17) is 0 Å². The van der Waals surface area contributed by atoms with Crippen LogP contribution in [0.5, 0.6) is 0 Å². The lowest BCUT2D eigenvalue weighted by atomic mass is 10.4. The summed E-state index contributed by atoms with van der Waals surface area (Å²) in [4.78, 5) is 2.40. The van der Waals surface area contributed by atoms with Crippen LogP contribution in [0.1, 0.15) is 18.5 Å². The highest BCUT2D eigenvalue weighted by atomic mass is 15.3. The van der Waals surface area contributed by atoms with Crippen molar-refractivity contribution in [2.24, 2.45) is 0 Å². The number of aromatic nitrogens is 2. The third kappa shape index (κ3) is 3.10. The second-order valence-corrected chi connectivity index (χ2v) is 3.99. The van der Waals surface area contributed by atoms with Crippen molar-refractivity contribution in [1.29, 1.82) is 0 Å². The van der Waals surface area contributed by atoms with Crippen LogP contribution >= 0.6 is 0 Å². The van der Waals surface area contributed by atoms with Gasteiger partial charge in [-0.1, -0.05) is 11.8 Å². The predicted molar refractivity (Wildman–Crippen MR) is 60.4 cm³/mol. The number of hydrogen-bond donors (Lipinski definition) is 0. The molecule has 3 heteroatoms. The molecule has 1 aliphatic heterocycles. The Kier molecular flexibility index (Phi) is 3.41. The zero-order valence-electron chi connectivity index (χ0n) is 9.24. The molecular weight excluding hydrogens is 186 g/mol. The third-order valence-corrected chi connectivity index (χ3v) is 2.64. The fourth-order valence-electron chi connectivity index (χ4n) is 1.80. The molecule has 80 valence electrons. The number of nitrogens with zero attached hydrogens (tertiary/aromatic N) is 3. The maximum atomic E-state index is 4.28. The maximum Gasteiger partial charge on any atom is 0.102 e. The highest BCUT2D eigenvalue weighted by Gasteiger charge is 2.08. The minimum absolute atomic E-state index is 0.710. The van der Waals surface area contributed by atoms with Crippen LogP contribution in [-0.2, 0) is 6.54 Å². The number of likely N-dealkylation sites (tertiary alicyclic amines) is 1. The van der Waals surface area contributed by atoms with Gasteiger partial charge in [0.05, 0.1) is 12.2 Å². The Bertz CT molecular complexity index is 364. The molecule has 1 aromatic rings. The van der Waals surface area contributed by atoms with E-state index >= 15 is 0 Å². The van der Waals surface area contributed by atoms with E-state index in [1.54, 1.807) is 0 Å². The van der Waals surface area contributed by atoms with E-state index in [1.165, 1.54) is 25.9 Å². The lowest BCUT2D eigenvalue weighted by Crippen LogP contribution is -2.19. The molecule has 0 N–H and O–H groups in total. The van der Waals surface area contributed by atoms with Crippen molar-refractivity contribution < 1.29 is 0 Å². The van der Waals surface area contributed by atoms with Gasteiger partial charge >= 0.3 is 0 Å². The highest BCUT2D eigenvalue weighted by molar-refractivity contribution is 5.03. The van der Waals surface area contributed by atoms with Crippen LogP contribution in [-0.4, -0.2) is 34.3 Å². The molecule has 0 aromatic carbocycles. The molecule has 0 saturated carbocycles. The zero-order chi connectivity index (χ0) is 10.5. The van der Waals surface area contributed by atoms with Crippen LogP contribution in [0.3, 0.4) is 0 Å². The molecule has 3 nitrogen and oxygen atoms in total. The Hall–Kier alpha value is -1.27. The Balaban J connectivity index is 1.75. The van der Waals surface area contributed by atoms with Gasteiger partial charge in [0, 0.05) is 6.20 Å². The first-order chi connectivity index (χ1) is 7.34. The van der Waals surface area contributed by atoms with Crippen molar-refractivity contribution in [3.05, 3.63) is 18.0 Å². The predicted octanol–water partition coefficient (Wildman–Crippen LogP) is 1.29. The summed E-state index contributed by atoms with van der Waals surface area (Å²) < 4.78 is 1.88. The van der Waals surface area contributed by atoms with Gasteiger partial charge in [0.25, 0.3) is 0 Å². The summed E-state index contributed by atoms with van der Waals surface area (Å²) in [5.74, 6) is 6.35. The van der Waals surface area contributed by atoms with Crippen molar-refractivity contribution in [2.45, 2.75) is 26.3 Å². The molecule has 2 rings (SSSR count). The molecule has 0 radical (unpaired) electrons. The minimum Gasteiger partial charge on any atom is -0.292 e. The summed E-state index contributed by atoms with van der Waals surface area (Å²) in [7, 11) is 0. The molecular formula is C12H17N3. The van der Waals surface area contributed by atoms with E-state index in [1.807, 2.05) is 23.9 Å². The molecule has 0 atom stereocenters. The fourth-order valence-corrected chi connectivity index (χ4v) is 1.80. The topological polar surface area (TPSA) is 21.1 Å². The summed E-state index contributed by atoms with van der Waals surface area (Å²) in [5, 5.41) is 4.28. The second-order valence-electron chi connectivity index (χ2n) is 3.99. The monoisotopic (exact) mass is 203 g/mol. The van der Waals surface area contributed by atoms with Gasteiger partial charge in [0.2, 0.25) is 0 Å². The van der Waals surface area contributed by atoms with E-state index in [0.29, 0.717) is 6.54 Å². The number of rotatable bonds is 2. The lowest BCUT2D eigenvalue weighted by Gasteiger charge is -2.08. The Morgan fingerprint density at radius 2 is 2.00 bits per heavy atom. The molecule has 15 heavy (non-hydrogen) atoms. The summed E-state index contributed by atoms with van der Waals surface area (Å²) >= 11 is 0. The fraction of sp³-hybridized carbons (Fsp3) is 0.583. The molecule has 1 saturated heterocycles. The van der Waals surface area contributed by atoms with Crippen molar-refractivity contribution in [2.75, 3.05) is 19.6 Å². The maximum absolute atomic E-state index is 4.28. The Morgan fingerprint density at radius 3 is 2.67 bits per heavy atom. The van der Waals surface area contributed by atoms with E-state index in [2.05, 4.69) is 21.8 Å². The van der Waals surface area contributed by atoms with Crippen LogP contribution in [0, 0.1) is 18.8 Å². The van der Waals surface area contributed by atoms with Gasteiger partial charge in [0.1, 0.15) is 6.54 Å². The van der Waals surface area contributed by atoms with Crippen molar-refractivity contribution in [3.8, 4) is 11.8 Å². The second kappa shape index (κ2) is 4.99. The average Bonchev–Trinajstić information content (AvgIpc) is 2.84. The lowest BCUT2D eigenvalue weighted by molar-refractivity contribution is 0.383.